The monoisotopic (exact) mass is 599 g/mol. The lowest BCUT2D eigenvalue weighted by Gasteiger charge is -2.14. The third-order valence-corrected chi connectivity index (χ3v) is 8.99. The van der Waals surface area contributed by atoms with Crippen LogP contribution in [0.1, 0.15) is 0 Å². The Bertz CT molecular complexity index is 2470. The summed E-state index contributed by atoms with van der Waals surface area (Å²) in [6, 6.07) is 60.3. The summed E-state index contributed by atoms with van der Waals surface area (Å²) < 4.78 is 2.27. The molecule has 0 radical (unpaired) electrons. The fourth-order valence-corrected chi connectivity index (χ4v) is 6.67. The normalized spacial score (nSPS) is 11.4. The summed E-state index contributed by atoms with van der Waals surface area (Å²) in [5, 5.41) is 4.90. The zero-order chi connectivity index (χ0) is 31.2. The molecular formula is C44H29N3. The van der Waals surface area contributed by atoms with E-state index >= 15 is 0 Å². The number of imidazole rings is 1. The van der Waals surface area contributed by atoms with E-state index in [0.29, 0.717) is 0 Å². The van der Waals surface area contributed by atoms with Gasteiger partial charge in [-0.25, -0.2) is 4.98 Å². The van der Waals surface area contributed by atoms with Gasteiger partial charge in [0.25, 0.3) is 0 Å². The SMILES string of the molecule is c1ccc(-c2nccc3c2nc(-c2cc(-c4ccc5ccccc5c4)cc(-c4ccc5ccccc5c4)c2)n3-c2ccccc2)cc1. The fourth-order valence-electron chi connectivity index (χ4n) is 6.67. The predicted molar refractivity (Wildman–Crippen MR) is 196 cm³/mol. The standard InChI is InChI=1S/C44H29N3/c1-3-13-32(14-4-1)42-43-41(23-24-45-42)47(40-17-5-2-6-18-40)44(46-43)39-28-37(35-21-19-30-11-7-9-15-33(30)25-35)27-38(29-39)36-22-20-31-12-8-10-16-34(31)26-36/h1-29H. The van der Waals surface area contributed by atoms with Crippen LogP contribution in [0.25, 0.3) is 83.2 Å². The van der Waals surface area contributed by atoms with E-state index in [2.05, 4.69) is 156 Å². The molecule has 3 heteroatoms. The van der Waals surface area contributed by atoms with E-state index < -0.39 is 0 Å². The molecule has 47 heavy (non-hydrogen) atoms. The predicted octanol–water partition coefficient (Wildman–Crippen LogP) is 11.4. The number of rotatable bonds is 5. The van der Waals surface area contributed by atoms with Crippen LogP contribution < -0.4 is 0 Å². The van der Waals surface area contributed by atoms with Gasteiger partial charge in [-0.15, -0.1) is 0 Å². The lowest BCUT2D eigenvalue weighted by molar-refractivity contribution is 1.10. The van der Waals surface area contributed by atoms with Gasteiger partial charge in [0.2, 0.25) is 0 Å². The van der Waals surface area contributed by atoms with Crippen LogP contribution in [0.5, 0.6) is 0 Å². The van der Waals surface area contributed by atoms with Gasteiger partial charge in [0.05, 0.1) is 11.2 Å². The number of hydrogen-bond donors (Lipinski definition) is 0. The minimum absolute atomic E-state index is 0.875. The van der Waals surface area contributed by atoms with E-state index in [0.717, 1.165) is 50.5 Å². The van der Waals surface area contributed by atoms with Gasteiger partial charge in [-0.2, -0.15) is 0 Å². The maximum Gasteiger partial charge on any atom is 0.145 e. The molecule has 9 rings (SSSR count). The Kier molecular flexibility index (Phi) is 6.46. The summed E-state index contributed by atoms with van der Waals surface area (Å²) in [6.07, 6.45) is 1.89. The summed E-state index contributed by atoms with van der Waals surface area (Å²) in [5.41, 5.74) is 10.5. The van der Waals surface area contributed by atoms with Crippen LogP contribution >= 0.6 is 0 Å². The van der Waals surface area contributed by atoms with E-state index in [4.69, 9.17) is 9.97 Å². The van der Waals surface area contributed by atoms with Crippen molar-refractivity contribution in [1.82, 2.24) is 14.5 Å². The highest BCUT2D eigenvalue weighted by Gasteiger charge is 2.20. The van der Waals surface area contributed by atoms with E-state index in [1.54, 1.807) is 0 Å². The number of hydrogen-bond acceptors (Lipinski definition) is 2. The topological polar surface area (TPSA) is 30.7 Å². The van der Waals surface area contributed by atoms with Crippen LogP contribution in [0.15, 0.2) is 176 Å². The van der Waals surface area contributed by atoms with Crippen LogP contribution in [0.4, 0.5) is 0 Å². The van der Waals surface area contributed by atoms with E-state index in [9.17, 15) is 0 Å². The van der Waals surface area contributed by atoms with Crippen molar-refractivity contribution in [3.05, 3.63) is 176 Å². The molecule has 0 saturated heterocycles. The molecule has 2 aromatic heterocycles. The van der Waals surface area contributed by atoms with Gasteiger partial charge in [0.15, 0.2) is 0 Å². The lowest BCUT2D eigenvalue weighted by Crippen LogP contribution is -1.98. The third-order valence-electron chi connectivity index (χ3n) is 8.99. The molecule has 220 valence electrons. The highest BCUT2D eigenvalue weighted by Crippen LogP contribution is 2.38. The number of nitrogens with zero attached hydrogens (tertiary/aromatic N) is 3. The van der Waals surface area contributed by atoms with Gasteiger partial charge >= 0.3 is 0 Å². The van der Waals surface area contributed by atoms with Crippen molar-refractivity contribution in [1.29, 1.82) is 0 Å². The average Bonchev–Trinajstić information content (AvgIpc) is 3.55. The Hall–Kier alpha value is -6.32. The highest BCUT2D eigenvalue weighted by molar-refractivity contribution is 5.95. The first-order valence-electron chi connectivity index (χ1n) is 15.9. The van der Waals surface area contributed by atoms with Crippen molar-refractivity contribution in [2.45, 2.75) is 0 Å². The summed E-state index contributed by atoms with van der Waals surface area (Å²) in [4.78, 5) is 10.2. The zero-order valence-corrected chi connectivity index (χ0v) is 25.6. The molecule has 2 heterocycles. The Morgan fingerprint density at radius 1 is 0.383 bits per heavy atom. The van der Waals surface area contributed by atoms with E-state index in [1.807, 2.05) is 24.4 Å². The lowest BCUT2D eigenvalue weighted by atomic mass is 9.93. The molecule has 9 aromatic rings. The largest absolute Gasteiger partial charge is 0.292 e. The number of aromatic nitrogens is 3. The second-order valence-electron chi connectivity index (χ2n) is 11.9. The minimum Gasteiger partial charge on any atom is -0.292 e. The molecule has 0 atom stereocenters. The first-order chi connectivity index (χ1) is 23.3. The molecule has 3 nitrogen and oxygen atoms in total. The molecule has 0 bridgehead atoms. The molecule has 0 spiro atoms. The van der Waals surface area contributed by atoms with Crippen LogP contribution in [0, 0.1) is 0 Å². The van der Waals surface area contributed by atoms with Gasteiger partial charge in [0, 0.05) is 23.0 Å². The van der Waals surface area contributed by atoms with Gasteiger partial charge < -0.3 is 0 Å². The van der Waals surface area contributed by atoms with Gasteiger partial charge in [0.1, 0.15) is 11.3 Å². The van der Waals surface area contributed by atoms with Crippen LogP contribution in [0.2, 0.25) is 0 Å². The van der Waals surface area contributed by atoms with Gasteiger partial charge in [-0.05, 0) is 92.3 Å². The second-order valence-corrected chi connectivity index (χ2v) is 11.9. The van der Waals surface area contributed by atoms with Crippen LogP contribution in [0.3, 0.4) is 0 Å². The van der Waals surface area contributed by atoms with Crippen LogP contribution in [-0.4, -0.2) is 14.5 Å². The quantitative estimate of drug-likeness (QED) is 0.197. The first-order valence-corrected chi connectivity index (χ1v) is 15.9. The molecule has 0 saturated carbocycles. The molecule has 0 fully saturated rings. The maximum absolute atomic E-state index is 5.41. The van der Waals surface area contributed by atoms with Gasteiger partial charge in [-0.1, -0.05) is 121 Å². The van der Waals surface area contributed by atoms with Crippen molar-refractivity contribution in [3.63, 3.8) is 0 Å². The molecule has 0 N–H and O–H groups in total. The summed E-state index contributed by atoms with van der Waals surface area (Å²) in [5.74, 6) is 0.876. The molecule has 0 aliphatic rings. The Morgan fingerprint density at radius 3 is 1.53 bits per heavy atom. The third kappa shape index (κ3) is 4.86. The number of pyridine rings is 1. The van der Waals surface area contributed by atoms with E-state index in [1.165, 1.54) is 32.7 Å². The first kappa shape index (κ1) is 27.0. The fraction of sp³-hybridized carbons (Fsp3) is 0. The Morgan fingerprint density at radius 2 is 0.915 bits per heavy atom. The molecule has 0 aliphatic heterocycles. The average molecular weight is 600 g/mol. The Labute approximate surface area is 273 Å². The Balaban J connectivity index is 1.33. The summed E-state index contributed by atoms with van der Waals surface area (Å²) >= 11 is 0. The van der Waals surface area contributed by atoms with Crippen molar-refractivity contribution in [2.75, 3.05) is 0 Å². The van der Waals surface area contributed by atoms with Crippen molar-refractivity contribution in [2.24, 2.45) is 0 Å². The maximum atomic E-state index is 5.41. The van der Waals surface area contributed by atoms with E-state index in [-0.39, 0.29) is 0 Å². The molecule has 0 amide bonds. The molecule has 0 unspecified atom stereocenters. The van der Waals surface area contributed by atoms with Crippen LogP contribution in [-0.2, 0) is 0 Å². The molecular weight excluding hydrogens is 571 g/mol. The minimum atomic E-state index is 0.875. The zero-order valence-electron chi connectivity index (χ0n) is 25.6. The van der Waals surface area contributed by atoms with Crippen molar-refractivity contribution >= 4 is 32.6 Å². The molecule has 7 aromatic carbocycles. The summed E-state index contributed by atoms with van der Waals surface area (Å²) in [7, 11) is 0. The number of benzene rings is 7. The molecule has 0 aliphatic carbocycles. The number of fused-ring (bicyclic) bond motifs is 3. The van der Waals surface area contributed by atoms with Crippen molar-refractivity contribution in [3.8, 4) is 50.6 Å². The van der Waals surface area contributed by atoms with Gasteiger partial charge in [-0.3, -0.25) is 9.55 Å². The number of para-hydroxylation sites is 1. The second kappa shape index (κ2) is 11.2. The smallest absolute Gasteiger partial charge is 0.145 e. The summed E-state index contributed by atoms with van der Waals surface area (Å²) in [6.45, 7) is 0. The van der Waals surface area contributed by atoms with Crippen molar-refractivity contribution < 1.29 is 0 Å². The highest BCUT2D eigenvalue weighted by atomic mass is 15.1.